The molecule has 1 aliphatic heterocycles. The molecule has 1 aliphatic rings. The first-order valence-corrected chi connectivity index (χ1v) is 5.85. The first-order chi connectivity index (χ1) is 6.97. The van der Waals surface area contributed by atoms with Crippen molar-refractivity contribution in [3.8, 4) is 0 Å². The Morgan fingerprint density at radius 2 is 2.33 bits per heavy atom. The Hall–Kier alpha value is -0.620. The summed E-state index contributed by atoms with van der Waals surface area (Å²) in [5, 5.41) is 18.9. The molecule has 0 radical (unpaired) electrons. The summed E-state index contributed by atoms with van der Waals surface area (Å²) < 4.78 is 0. The largest absolute Gasteiger partial charge is 0.480 e. The van der Waals surface area contributed by atoms with Gasteiger partial charge in [0.15, 0.2) is 6.04 Å². The van der Waals surface area contributed by atoms with Gasteiger partial charge in [-0.05, 0) is 12.8 Å². The second-order valence-electron chi connectivity index (χ2n) is 3.79. The number of alkyl halides is 1. The van der Waals surface area contributed by atoms with Gasteiger partial charge in [-0.2, -0.15) is 0 Å². The van der Waals surface area contributed by atoms with E-state index in [2.05, 4.69) is 15.9 Å². The van der Waals surface area contributed by atoms with Gasteiger partial charge in [0.25, 0.3) is 0 Å². The van der Waals surface area contributed by atoms with Crippen LogP contribution in [0.15, 0.2) is 0 Å². The molecule has 0 aliphatic carbocycles. The minimum atomic E-state index is -1.16. The molecule has 0 aromatic rings. The van der Waals surface area contributed by atoms with Crippen LogP contribution in [0.25, 0.3) is 0 Å². The fourth-order valence-corrected chi connectivity index (χ4v) is 2.21. The molecular formula is C9H14BrNO4. The monoisotopic (exact) mass is 279 g/mol. The molecule has 15 heavy (non-hydrogen) atoms. The van der Waals surface area contributed by atoms with E-state index in [1.165, 1.54) is 11.8 Å². The highest BCUT2D eigenvalue weighted by Gasteiger charge is 2.39. The van der Waals surface area contributed by atoms with Gasteiger partial charge in [0.05, 0.1) is 6.10 Å². The minimum absolute atomic E-state index is 0.137. The number of likely N-dealkylation sites (tertiary alicyclic amines) is 1. The van der Waals surface area contributed by atoms with E-state index in [4.69, 9.17) is 5.11 Å². The molecule has 0 aromatic carbocycles. The number of halogens is 1. The van der Waals surface area contributed by atoms with E-state index in [0.29, 0.717) is 18.3 Å². The number of rotatable bonds is 4. The zero-order valence-electron chi connectivity index (χ0n) is 8.39. The topological polar surface area (TPSA) is 77.8 Å². The number of hydrogen-bond donors (Lipinski definition) is 2. The van der Waals surface area contributed by atoms with Crippen LogP contribution in [0.3, 0.4) is 0 Å². The Bertz CT molecular complexity index is 269. The van der Waals surface area contributed by atoms with Crippen molar-refractivity contribution in [2.45, 2.75) is 25.5 Å². The number of carboxylic acids is 1. The highest BCUT2D eigenvalue weighted by Crippen LogP contribution is 2.23. The predicted octanol–water partition coefficient (Wildman–Crippen LogP) is 0.0638. The van der Waals surface area contributed by atoms with E-state index >= 15 is 0 Å². The summed E-state index contributed by atoms with van der Waals surface area (Å²) in [5.74, 6) is -1.22. The highest BCUT2D eigenvalue weighted by molar-refractivity contribution is 9.09. The number of amides is 1. The van der Waals surface area contributed by atoms with Crippen LogP contribution in [0, 0.1) is 5.92 Å². The Balaban J connectivity index is 2.77. The van der Waals surface area contributed by atoms with Gasteiger partial charge in [-0.25, -0.2) is 4.79 Å². The predicted molar refractivity (Wildman–Crippen MR) is 56.7 cm³/mol. The van der Waals surface area contributed by atoms with Crippen molar-refractivity contribution >= 4 is 27.8 Å². The van der Waals surface area contributed by atoms with E-state index in [1.54, 1.807) is 0 Å². The Morgan fingerprint density at radius 1 is 1.73 bits per heavy atom. The molecule has 3 atom stereocenters. The van der Waals surface area contributed by atoms with Gasteiger partial charge in [0, 0.05) is 18.3 Å². The average molecular weight is 280 g/mol. The third-order valence-electron chi connectivity index (χ3n) is 2.50. The lowest BCUT2D eigenvalue weighted by Crippen LogP contribution is -2.48. The molecule has 1 amide bonds. The summed E-state index contributed by atoms with van der Waals surface area (Å²) >= 11 is 3.27. The van der Waals surface area contributed by atoms with E-state index in [-0.39, 0.29) is 11.8 Å². The lowest BCUT2D eigenvalue weighted by molar-refractivity contribution is -0.152. The van der Waals surface area contributed by atoms with E-state index < -0.39 is 18.1 Å². The van der Waals surface area contributed by atoms with E-state index in [9.17, 15) is 14.7 Å². The van der Waals surface area contributed by atoms with Crippen molar-refractivity contribution in [3.05, 3.63) is 0 Å². The van der Waals surface area contributed by atoms with Crippen molar-refractivity contribution in [1.82, 2.24) is 4.90 Å². The molecule has 86 valence electrons. The van der Waals surface area contributed by atoms with Crippen LogP contribution in [0.2, 0.25) is 0 Å². The summed E-state index contributed by atoms with van der Waals surface area (Å²) in [6, 6.07) is -1.12. The quantitative estimate of drug-likeness (QED) is 0.714. The third-order valence-corrected chi connectivity index (χ3v) is 3.42. The molecule has 5 nitrogen and oxygen atoms in total. The van der Waals surface area contributed by atoms with E-state index in [0.717, 1.165) is 0 Å². The summed E-state index contributed by atoms with van der Waals surface area (Å²) in [7, 11) is 0. The molecule has 1 heterocycles. The molecule has 2 N–H and O–H groups in total. The fraction of sp³-hybridized carbons (Fsp3) is 0.778. The van der Waals surface area contributed by atoms with Gasteiger partial charge >= 0.3 is 5.97 Å². The maximum Gasteiger partial charge on any atom is 0.329 e. The number of hydrogen-bond acceptors (Lipinski definition) is 3. The van der Waals surface area contributed by atoms with Crippen LogP contribution < -0.4 is 0 Å². The molecule has 0 spiro atoms. The maximum atomic E-state index is 11.5. The van der Waals surface area contributed by atoms with Crippen LogP contribution in [0.1, 0.15) is 13.3 Å². The van der Waals surface area contributed by atoms with Crippen LogP contribution >= 0.6 is 15.9 Å². The van der Waals surface area contributed by atoms with Gasteiger partial charge in [-0.3, -0.25) is 4.79 Å². The number of carbonyl (C=O) groups excluding carboxylic acids is 1. The smallest absolute Gasteiger partial charge is 0.329 e. The number of aliphatic hydroxyl groups excluding tert-OH is 1. The average Bonchev–Trinajstić information content (AvgIpc) is 2.46. The number of aliphatic hydroxyl groups is 1. The van der Waals surface area contributed by atoms with Crippen molar-refractivity contribution in [3.63, 3.8) is 0 Å². The summed E-state index contributed by atoms with van der Waals surface area (Å²) in [6.45, 7) is 1.78. The van der Waals surface area contributed by atoms with Crippen LogP contribution in [0.4, 0.5) is 0 Å². The Kier molecular flexibility index (Phi) is 4.10. The molecule has 3 unspecified atom stereocenters. The lowest BCUT2D eigenvalue weighted by Gasteiger charge is -2.26. The van der Waals surface area contributed by atoms with Gasteiger partial charge in [-0.1, -0.05) is 15.9 Å². The number of nitrogens with zero attached hydrogens (tertiary/aromatic N) is 1. The van der Waals surface area contributed by atoms with Gasteiger partial charge < -0.3 is 15.1 Å². The second-order valence-corrected chi connectivity index (χ2v) is 4.44. The second kappa shape index (κ2) is 4.94. The van der Waals surface area contributed by atoms with Crippen molar-refractivity contribution in [2.24, 2.45) is 5.92 Å². The zero-order valence-corrected chi connectivity index (χ0v) is 9.98. The Morgan fingerprint density at radius 3 is 2.67 bits per heavy atom. The number of carbonyl (C=O) groups is 2. The van der Waals surface area contributed by atoms with Crippen LogP contribution in [0.5, 0.6) is 0 Å². The zero-order chi connectivity index (χ0) is 11.6. The minimum Gasteiger partial charge on any atom is -0.480 e. The van der Waals surface area contributed by atoms with E-state index in [1.807, 2.05) is 0 Å². The molecule has 0 aromatic heterocycles. The standard InChI is InChI=1S/C9H14BrNO4/c1-5(12)8(9(14)15)11-4-6(3-10)2-7(11)13/h5-6,8,12H,2-4H2,1H3,(H,14,15). The molecule has 1 rings (SSSR count). The normalized spacial score (nSPS) is 25.4. The highest BCUT2D eigenvalue weighted by atomic mass is 79.9. The van der Waals surface area contributed by atoms with Gasteiger partial charge in [0.1, 0.15) is 0 Å². The molecule has 1 fully saturated rings. The third kappa shape index (κ3) is 2.69. The first-order valence-electron chi connectivity index (χ1n) is 4.73. The molecule has 1 saturated heterocycles. The molecule has 6 heteroatoms. The molecular weight excluding hydrogens is 266 g/mol. The van der Waals surface area contributed by atoms with Gasteiger partial charge in [-0.15, -0.1) is 0 Å². The number of aliphatic carboxylic acids is 1. The SMILES string of the molecule is CC(O)C(C(=O)O)N1CC(CBr)CC1=O. The summed E-state index contributed by atoms with van der Waals surface area (Å²) in [5.41, 5.74) is 0. The Labute approximate surface area is 96.2 Å². The van der Waals surface area contributed by atoms with Crippen LogP contribution in [-0.4, -0.2) is 51.0 Å². The van der Waals surface area contributed by atoms with Gasteiger partial charge in [0.2, 0.25) is 5.91 Å². The maximum absolute atomic E-state index is 11.5. The molecule has 0 bridgehead atoms. The first kappa shape index (κ1) is 12.4. The van der Waals surface area contributed by atoms with Crippen molar-refractivity contribution in [1.29, 1.82) is 0 Å². The summed E-state index contributed by atoms with van der Waals surface area (Å²) in [6.07, 6.45) is -0.706. The van der Waals surface area contributed by atoms with Crippen molar-refractivity contribution < 1.29 is 19.8 Å². The molecule has 0 saturated carbocycles. The number of carboxylic acid groups (broad SMARTS) is 1. The fourth-order valence-electron chi connectivity index (χ4n) is 1.78. The van der Waals surface area contributed by atoms with Crippen LogP contribution in [-0.2, 0) is 9.59 Å². The van der Waals surface area contributed by atoms with Crippen molar-refractivity contribution in [2.75, 3.05) is 11.9 Å². The summed E-state index contributed by atoms with van der Waals surface area (Å²) in [4.78, 5) is 23.7. The lowest BCUT2D eigenvalue weighted by atomic mass is 10.1.